The van der Waals surface area contributed by atoms with E-state index in [0.717, 1.165) is 39.3 Å². The molecule has 0 heterocycles. The van der Waals surface area contributed by atoms with E-state index in [4.69, 9.17) is 9.47 Å². The highest BCUT2D eigenvalue weighted by molar-refractivity contribution is 5.86. The number of phenols is 2. The number of ether oxygens (including phenoxy) is 2. The lowest BCUT2D eigenvalue weighted by Crippen LogP contribution is -2.35. The average Bonchev–Trinajstić information content (AvgIpc) is 3.80. The summed E-state index contributed by atoms with van der Waals surface area (Å²) in [6, 6.07) is 66.9. The van der Waals surface area contributed by atoms with Gasteiger partial charge in [0.15, 0.2) is 0 Å². The average molecular weight is 805 g/mol. The fourth-order valence-electron chi connectivity index (χ4n) is 10.6. The lowest BCUT2D eigenvalue weighted by molar-refractivity contribution is 0.302. The molecule has 3 unspecified atom stereocenters. The molecule has 0 amide bonds. The summed E-state index contributed by atoms with van der Waals surface area (Å²) >= 11 is 0. The largest absolute Gasteiger partial charge is 0.508 e. The maximum absolute atomic E-state index is 10.2. The first kappa shape index (κ1) is 37.4. The molecule has 0 bridgehead atoms. The molecule has 8 aromatic rings. The summed E-state index contributed by atoms with van der Waals surface area (Å²) in [5.41, 5.74) is 13.3. The van der Waals surface area contributed by atoms with Gasteiger partial charge in [0.2, 0.25) is 0 Å². The second-order valence-electron chi connectivity index (χ2n) is 16.6. The van der Waals surface area contributed by atoms with Gasteiger partial charge in [-0.15, -0.1) is 0 Å². The van der Waals surface area contributed by atoms with Crippen molar-refractivity contribution < 1.29 is 19.7 Å². The van der Waals surface area contributed by atoms with Crippen molar-refractivity contribution in [2.24, 2.45) is 5.92 Å². The normalized spacial score (nSPS) is 18.6. The molecule has 3 atom stereocenters. The first-order valence-electron chi connectivity index (χ1n) is 21.3. The molecule has 2 N–H and O–H groups in total. The molecule has 0 fully saturated rings. The summed E-state index contributed by atoms with van der Waals surface area (Å²) in [6.07, 6.45) is 8.99. The summed E-state index contributed by atoms with van der Waals surface area (Å²) in [6.45, 7) is 0.886. The molecule has 62 heavy (non-hydrogen) atoms. The van der Waals surface area contributed by atoms with Crippen molar-refractivity contribution in [3.8, 4) is 34.1 Å². The Bertz CT molecular complexity index is 2920. The number of allylic oxidation sites excluding steroid dienone is 4. The Morgan fingerprint density at radius 2 is 0.823 bits per heavy atom. The van der Waals surface area contributed by atoms with E-state index in [9.17, 15) is 10.2 Å². The quantitative estimate of drug-likeness (QED) is 0.145. The highest BCUT2D eigenvalue weighted by Crippen LogP contribution is 2.60. The molecular weight excluding hydrogens is 761 g/mol. The maximum Gasteiger partial charge on any atom is 0.119 e. The molecule has 0 radical (unpaired) electrons. The van der Waals surface area contributed by atoms with E-state index in [0.29, 0.717) is 13.2 Å². The van der Waals surface area contributed by atoms with Gasteiger partial charge in [-0.05, 0) is 115 Å². The minimum atomic E-state index is -0.536. The van der Waals surface area contributed by atoms with Gasteiger partial charge in [0.1, 0.15) is 36.2 Å². The fourth-order valence-corrected chi connectivity index (χ4v) is 10.6. The van der Waals surface area contributed by atoms with Crippen LogP contribution in [0.3, 0.4) is 0 Å². The molecule has 3 aliphatic rings. The van der Waals surface area contributed by atoms with Gasteiger partial charge >= 0.3 is 0 Å². The molecule has 4 nitrogen and oxygen atoms in total. The van der Waals surface area contributed by atoms with Crippen LogP contribution in [0.4, 0.5) is 0 Å². The van der Waals surface area contributed by atoms with Crippen molar-refractivity contribution in [2.75, 3.05) is 0 Å². The topological polar surface area (TPSA) is 58.9 Å². The number of rotatable bonds is 10. The molecule has 8 aromatic carbocycles. The number of fused-ring (bicyclic) bond motifs is 6. The van der Waals surface area contributed by atoms with Crippen molar-refractivity contribution in [3.63, 3.8) is 0 Å². The third kappa shape index (κ3) is 5.97. The number of aromatic hydroxyl groups is 2. The van der Waals surface area contributed by atoms with Gasteiger partial charge in [-0.3, -0.25) is 0 Å². The zero-order valence-corrected chi connectivity index (χ0v) is 34.1. The van der Waals surface area contributed by atoms with Gasteiger partial charge in [0, 0.05) is 11.8 Å². The van der Waals surface area contributed by atoms with E-state index < -0.39 is 10.8 Å². The van der Waals surface area contributed by atoms with Gasteiger partial charge in [-0.2, -0.15) is 0 Å². The van der Waals surface area contributed by atoms with Crippen LogP contribution < -0.4 is 9.47 Å². The molecule has 0 aliphatic heterocycles. The van der Waals surface area contributed by atoms with Gasteiger partial charge < -0.3 is 19.7 Å². The molecule has 0 saturated carbocycles. The SMILES string of the molecule is Oc1ccc(C2(c3ccc(OCc4ccc(COc5ccc(C6(c7ccc(O)cc7)c7ccccc7C7C=CC=CC76)cc5)cc4)cc3)c3ccccc3-c3ccccc32)cc1. The summed E-state index contributed by atoms with van der Waals surface area (Å²) in [5, 5.41) is 20.5. The minimum Gasteiger partial charge on any atom is -0.508 e. The maximum atomic E-state index is 10.2. The minimum absolute atomic E-state index is 0.194. The number of hydrogen-bond donors (Lipinski definition) is 2. The Balaban J connectivity index is 0.791. The van der Waals surface area contributed by atoms with E-state index in [-0.39, 0.29) is 23.3 Å². The molecule has 11 rings (SSSR count). The Hall–Kier alpha value is -7.56. The van der Waals surface area contributed by atoms with Crippen LogP contribution in [0.5, 0.6) is 23.0 Å². The molecule has 4 heteroatoms. The monoisotopic (exact) mass is 804 g/mol. The molecule has 0 aromatic heterocycles. The molecular formula is C58H44O4. The lowest BCUT2D eigenvalue weighted by Gasteiger charge is -2.39. The smallest absolute Gasteiger partial charge is 0.119 e. The second kappa shape index (κ2) is 15.2. The summed E-state index contributed by atoms with van der Waals surface area (Å²) in [4.78, 5) is 0. The van der Waals surface area contributed by atoms with E-state index >= 15 is 0 Å². The van der Waals surface area contributed by atoms with Gasteiger partial charge in [-0.1, -0.05) is 170 Å². The van der Waals surface area contributed by atoms with Crippen molar-refractivity contribution in [3.05, 3.63) is 274 Å². The van der Waals surface area contributed by atoms with Gasteiger partial charge in [-0.25, -0.2) is 0 Å². The van der Waals surface area contributed by atoms with Crippen LogP contribution in [0, 0.1) is 5.92 Å². The van der Waals surface area contributed by atoms with E-state index in [2.05, 4.69) is 182 Å². The number of hydrogen-bond acceptors (Lipinski definition) is 4. The van der Waals surface area contributed by atoms with Crippen LogP contribution in [-0.2, 0) is 24.0 Å². The summed E-state index contributed by atoms with van der Waals surface area (Å²) in [5.74, 6) is 2.58. The van der Waals surface area contributed by atoms with Crippen LogP contribution in [0.1, 0.15) is 61.6 Å². The molecule has 0 spiro atoms. The highest BCUT2D eigenvalue weighted by Gasteiger charge is 2.53. The Morgan fingerprint density at radius 3 is 1.35 bits per heavy atom. The second-order valence-corrected chi connectivity index (χ2v) is 16.6. The third-order valence-corrected chi connectivity index (χ3v) is 13.4. The van der Waals surface area contributed by atoms with E-state index in [1.807, 2.05) is 12.1 Å². The van der Waals surface area contributed by atoms with Crippen LogP contribution in [0.2, 0.25) is 0 Å². The predicted octanol–water partition coefficient (Wildman–Crippen LogP) is 12.8. The van der Waals surface area contributed by atoms with Crippen molar-refractivity contribution in [1.29, 1.82) is 0 Å². The highest BCUT2D eigenvalue weighted by atomic mass is 16.5. The standard InChI is InChI=1S/C58H44O4/c59-45-29-21-41(22-30-45)57(53-13-5-1-9-49(53)50-10-2-6-14-54(50)57)43-25-33-47(34-26-43)61-37-39-17-19-40(20-18-39)38-62-48-35-27-44(28-36-48)58(42-23-31-46(60)32-24-42)55-15-7-3-11-51(55)52-12-4-8-16-56(52)58/h1-36,49,53,59-60H,37-38H2. The zero-order valence-electron chi connectivity index (χ0n) is 34.1. The van der Waals surface area contributed by atoms with Crippen molar-refractivity contribution >= 4 is 0 Å². The van der Waals surface area contributed by atoms with Crippen LogP contribution in [-0.4, -0.2) is 10.2 Å². The molecule has 0 saturated heterocycles. The lowest BCUT2D eigenvalue weighted by atomic mass is 9.63. The summed E-state index contributed by atoms with van der Waals surface area (Å²) < 4.78 is 12.7. The zero-order chi connectivity index (χ0) is 41.7. The van der Waals surface area contributed by atoms with Crippen molar-refractivity contribution in [1.82, 2.24) is 0 Å². The van der Waals surface area contributed by atoms with Gasteiger partial charge in [0.25, 0.3) is 0 Å². The van der Waals surface area contributed by atoms with Crippen LogP contribution >= 0.6 is 0 Å². The van der Waals surface area contributed by atoms with E-state index in [1.165, 1.54) is 38.9 Å². The molecule has 300 valence electrons. The fraction of sp³-hybridized carbons (Fsp3) is 0.103. The first-order valence-corrected chi connectivity index (χ1v) is 21.3. The van der Waals surface area contributed by atoms with E-state index in [1.54, 1.807) is 24.3 Å². The number of benzene rings is 8. The Kier molecular flexibility index (Phi) is 9.16. The third-order valence-electron chi connectivity index (χ3n) is 13.4. The number of phenolic OH excluding ortho intramolecular Hbond substituents is 2. The Morgan fingerprint density at radius 1 is 0.403 bits per heavy atom. The first-order chi connectivity index (χ1) is 30.5. The Labute approximate surface area is 362 Å². The van der Waals surface area contributed by atoms with Crippen molar-refractivity contribution in [2.45, 2.75) is 30.0 Å². The molecule has 3 aliphatic carbocycles. The predicted molar refractivity (Wildman–Crippen MR) is 246 cm³/mol. The van der Waals surface area contributed by atoms with Gasteiger partial charge in [0.05, 0.1) is 10.8 Å². The van der Waals surface area contributed by atoms with Crippen LogP contribution in [0.25, 0.3) is 11.1 Å². The summed E-state index contributed by atoms with van der Waals surface area (Å²) in [7, 11) is 0. The van der Waals surface area contributed by atoms with Crippen LogP contribution in [0.15, 0.2) is 218 Å².